The van der Waals surface area contributed by atoms with E-state index in [0.717, 1.165) is 10.2 Å². The van der Waals surface area contributed by atoms with Gasteiger partial charge in [-0.1, -0.05) is 22.0 Å². The van der Waals surface area contributed by atoms with Crippen molar-refractivity contribution in [2.75, 3.05) is 18.0 Å². The van der Waals surface area contributed by atoms with Crippen molar-refractivity contribution in [2.45, 2.75) is 12.5 Å². The molecule has 1 aliphatic rings. The molecular weight excluding hydrogens is 300 g/mol. The highest BCUT2D eigenvalue weighted by molar-refractivity contribution is 9.10. The summed E-state index contributed by atoms with van der Waals surface area (Å²) in [6.45, 7) is 0.548. The van der Waals surface area contributed by atoms with E-state index in [4.69, 9.17) is 5.11 Å². The summed E-state index contributed by atoms with van der Waals surface area (Å²) in [5.74, 6) is -0.951. The molecule has 0 spiro atoms. The number of amides is 1. The van der Waals surface area contributed by atoms with Crippen LogP contribution in [0.1, 0.15) is 6.42 Å². The Labute approximate surface area is 113 Å². The van der Waals surface area contributed by atoms with E-state index in [1.165, 1.54) is 0 Å². The first-order valence-electron chi connectivity index (χ1n) is 5.57. The first-order chi connectivity index (χ1) is 8.56. The van der Waals surface area contributed by atoms with Crippen LogP contribution in [-0.2, 0) is 9.59 Å². The molecule has 6 heteroatoms. The van der Waals surface area contributed by atoms with Crippen molar-refractivity contribution in [2.24, 2.45) is 0 Å². The minimum Gasteiger partial charge on any atom is -0.481 e. The lowest BCUT2D eigenvalue weighted by Crippen LogP contribution is -2.55. The number of hydrogen-bond donors (Lipinski definition) is 2. The first-order valence-corrected chi connectivity index (χ1v) is 6.36. The van der Waals surface area contributed by atoms with Gasteiger partial charge in [-0.2, -0.15) is 0 Å². The van der Waals surface area contributed by atoms with Crippen LogP contribution < -0.4 is 10.2 Å². The van der Waals surface area contributed by atoms with E-state index in [0.29, 0.717) is 6.54 Å². The molecule has 0 saturated carbocycles. The number of carbonyl (C=O) groups excluding carboxylic acids is 1. The molecule has 0 bridgehead atoms. The second kappa shape index (κ2) is 5.39. The summed E-state index contributed by atoms with van der Waals surface area (Å²) in [5.41, 5.74) is 0.852. The summed E-state index contributed by atoms with van der Waals surface area (Å²) in [7, 11) is 0. The van der Waals surface area contributed by atoms with Crippen LogP contribution in [0.15, 0.2) is 28.7 Å². The number of anilines is 1. The number of carbonyl (C=O) groups is 2. The topological polar surface area (TPSA) is 69.6 Å². The van der Waals surface area contributed by atoms with Crippen molar-refractivity contribution in [3.63, 3.8) is 0 Å². The molecule has 1 aliphatic heterocycles. The maximum atomic E-state index is 11.5. The van der Waals surface area contributed by atoms with E-state index in [1.807, 2.05) is 29.2 Å². The van der Waals surface area contributed by atoms with Gasteiger partial charge in [0.25, 0.3) is 0 Å². The number of hydrogen-bond acceptors (Lipinski definition) is 3. The predicted octanol–water partition coefficient (Wildman–Crippen LogP) is 1.23. The third-order valence-electron chi connectivity index (χ3n) is 2.84. The SMILES string of the molecule is O=C(O)CC1CNC(=O)CN1c1cccc(Br)c1. The van der Waals surface area contributed by atoms with Crippen molar-refractivity contribution >= 4 is 33.5 Å². The highest BCUT2D eigenvalue weighted by Gasteiger charge is 2.28. The Bertz CT molecular complexity index is 478. The Balaban J connectivity index is 2.24. The van der Waals surface area contributed by atoms with Crippen molar-refractivity contribution in [3.05, 3.63) is 28.7 Å². The van der Waals surface area contributed by atoms with Crippen LogP contribution in [0.3, 0.4) is 0 Å². The molecule has 1 saturated heterocycles. The number of carboxylic acids is 1. The Morgan fingerprint density at radius 1 is 1.56 bits per heavy atom. The minimum atomic E-state index is -0.865. The summed E-state index contributed by atoms with van der Waals surface area (Å²) in [6, 6.07) is 7.30. The molecule has 0 aromatic heterocycles. The summed E-state index contributed by atoms with van der Waals surface area (Å²) >= 11 is 3.37. The van der Waals surface area contributed by atoms with Crippen molar-refractivity contribution in [1.29, 1.82) is 0 Å². The third-order valence-corrected chi connectivity index (χ3v) is 3.33. The van der Waals surface area contributed by atoms with Gasteiger partial charge in [-0.25, -0.2) is 0 Å². The summed E-state index contributed by atoms with van der Waals surface area (Å²) in [5, 5.41) is 11.6. The number of halogens is 1. The Morgan fingerprint density at radius 2 is 2.33 bits per heavy atom. The molecule has 1 atom stereocenters. The van der Waals surface area contributed by atoms with Gasteiger partial charge in [0.15, 0.2) is 0 Å². The van der Waals surface area contributed by atoms with Crippen LogP contribution in [0.25, 0.3) is 0 Å². The van der Waals surface area contributed by atoms with Crippen LogP contribution in [0.5, 0.6) is 0 Å². The van der Waals surface area contributed by atoms with Gasteiger partial charge in [0.2, 0.25) is 5.91 Å². The van der Waals surface area contributed by atoms with Crippen LogP contribution in [0.2, 0.25) is 0 Å². The quantitative estimate of drug-likeness (QED) is 0.880. The molecule has 18 heavy (non-hydrogen) atoms. The lowest BCUT2D eigenvalue weighted by atomic mass is 10.1. The van der Waals surface area contributed by atoms with Gasteiger partial charge in [0.1, 0.15) is 0 Å². The Hall–Kier alpha value is -1.56. The molecule has 0 aliphatic carbocycles. The molecule has 2 N–H and O–H groups in total. The van der Waals surface area contributed by atoms with E-state index in [2.05, 4.69) is 21.2 Å². The van der Waals surface area contributed by atoms with Gasteiger partial charge in [-0.05, 0) is 18.2 Å². The number of aliphatic carboxylic acids is 1. The third kappa shape index (κ3) is 3.01. The minimum absolute atomic E-state index is 0.00674. The number of carboxylic acid groups (broad SMARTS) is 1. The zero-order chi connectivity index (χ0) is 13.1. The van der Waals surface area contributed by atoms with Crippen LogP contribution >= 0.6 is 15.9 Å². The molecule has 1 heterocycles. The molecule has 1 aromatic carbocycles. The molecular formula is C12H13BrN2O3. The molecule has 1 amide bonds. The monoisotopic (exact) mass is 312 g/mol. The first kappa shape index (κ1) is 12.9. The van der Waals surface area contributed by atoms with E-state index in [9.17, 15) is 9.59 Å². The normalized spacial score (nSPS) is 19.5. The fourth-order valence-corrected chi connectivity index (χ4v) is 2.41. The van der Waals surface area contributed by atoms with Crippen molar-refractivity contribution in [1.82, 2.24) is 5.32 Å². The second-order valence-electron chi connectivity index (χ2n) is 4.16. The molecule has 1 fully saturated rings. The fraction of sp³-hybridized carbons (Fsp3) is 0.333. The molecule has 2 rings (SSSR count). The fourth-order valence-electron chi connectivity index (χ4n) is 2.02. The van der Waals surface area contributed by atoms with E-state index < -0.39 is 5.97 Å². The summed E-state index contributed by atoms with van der Waals surface area (Å²) in [6.07, 6.45) is 0.00674. The average Bonchev–Trinajstić information content (AvgIpc) is 2.31. The number of nitrogens with one attached hydrogen (secondary N) is 1. The maximum Gasteiger partial charge on any atom is 0.305 e. The Morgan fingerprint density at radius 3 is 3.00 bits per heavy atom. The van der Waals surface area contributed by atoms with Crippen LogP contribution in [0, 0.1) is 0 Å². The van der Waals surface area contributed by atoms with E-state index >= 15 is 0 Å². The molecule has 0 radical (unpaired) electrons. The van der Waals surface area contributed by atoms with Crippen molar-refractivity contribution < 1.29 is 14.7 Å². The molecule has 1 aromatic rings. The zero-order valence-corrected chi connectivity index (χ0v) is 11.2. The van der Waals surface area contributed by atoms with Crippen LogP contribution in [0.4, 0.5) is 5.69 Å². The summed E-state index contributed by atoms with van der Waals surface area (Å²) in [4.78, 5) is 24.1. The number of nitrogens with zero attached hydrogens (tertiary/aromatic N) is 1. The second-order valence-corrected chi connectivity index (χ2v) is 5.08. The number of piperazine rings is 1. The van der Waals surface area contributed by atoms with E-state index in [1.54, 1.807) is 0 Å². The van der Waals surface area contributed by atoms with Gasteiger partial charge in [0, 0.05) is 16.7 Å². The van der Waals surface area contributed by atoms with Crippen molar-refractivity contribution in [3.8, 4) is 0 Å². The van der Waals surface area contributed by atoms with Crippen LogP contribution in [-0.4, -0.2) is 36.1 Å². The lowest BCUT2D eigenvalue weighted by molar-refractivity contribution is -0.138. The Kier molecular flexibility index (Phi) is 3.86. The van der Waals surface area contributed by atoms with Gasteiger partial charge < -0.3 is 15.3 Å². The van der Waals surface area contributed by atoms with E-state index in [-0.39, 0.29) is 24.9 Å². The highest BCUT2D eigenvalue weighted by Crippen LogP contribution is 2.23. The molecule has 96 valence electrons. The zero-order valence-electron chi connectivity index (χ0n) is 9.60. The van der Waals surface area contributed by atoms with Gasteiger partial charge >= 0.3 is 5.97 Å². The number of rotatable bonds is 3. The molecule has 1 unspecified atom stereocenters. The summed E-state index contributed by atoms with van der Waals surface area (Å²) < 4.78 is 0.903. The lowest BCUT2D eigenvalue weighted by Gasteiger charge is -2.36. The molecule has 5 nitrogen and oxygen atoms in total. The predicted molar refractivity (Wildman–Crippen MR) is 70.5 cm³/mol. The smallest absolute Gasteiger partial charge is 0.305 e. The number of benzene rings is 1. The largest absolute Gasteiger partial charge is 0.481 e. The maximum absolute atomic E-state index is 11.5. The van der Waals surface area contributed by atoms with Gasteiger partial charge in [-0.3, -0.25) is 9.59 Å². The van der Waals surface area contributed by atoms with Gasteiger partial charge in [-0.15, -0.1) is 0 Å². The average molecular weight is 313 g/mol. The highest BCUT2D eigenvalue weighted by atomic mass is 79.9. The standard InChI is InChI=1S/C12H13BrN2O3/c13-8-2-1-3-9(4-8)15-7-11(16)14-6-10(15)5-12(17)18/h1-4,10H,5-7H2,(H,14,16)(H,17,18). The van der Waals surface area contributed by atoms with Gasteiger partial charge in [0.05, 0.1) is 19.0 Å².